The average molecular weight is 226 g/mol. The molecular weight excluding hydrogens is 214 g/mol. The first-order valence-corrected chi connectivity index (χ1v) is 4.82. The lowest BCUT2D eigenvalue weighted by Crippen LogP contribution is -2.13. The van der Waals surface area contributed by atoms with Gasteiger partial charge in [0.2, 0.25) is 0 Å². The van der Waals surface area contributed by atoms with Crippen molar-refractivity contribution in [2.24, 2.45) is 0 Å². The Bertz CT molecular complexity index is 377. The van der Waals surface area contributed by atoms with Crippen LogP contribution < -0.4 is 5.32 Å². The zero-order valence-corrected chi connectivity index (χ0v) is 9.17. The van der Waals surface area contributed by atoms with Crippen molar-refractivity contribution < 1.29 is 9.53 Å². The monoisotopic (exact) mass is 225 g/mol. The summed E-state index contributed by atoms with van der Waals surface area (Å²) in [5, 5.41) is 3.16. The summed E-state index contributed by atoms with van der Waals surface area (Å²) in [6.45, 7) is 5.52. The molecule has 1 rings (SSSR count). The van der Waals surface area contributed by atoms with Gasteiger partial charge in [-0.15, -0.1) is 0 Å². The van der Waals surface area contributed by atoms with E-state index >= 15 is 0 Å². The number of carbonyl (C=O) groups is 1. The molecule has 1 aromatic carbocycles. The lowest BCUT2D eigenvalue weighted by molar-refractivity contribution is 0.174. The molecule has 0 fully saturated rings. The Hall–Kier alpha value is -1.48. The van der Waals surface area contributed by atoms with Crippen LogP contribution in [-0.4, -0.2) is 12.7 Å². The van der Waals surface area contributed by atoms with Gasteiger partial charge in [-0.05, 0) is 24.6 Å². The maximum Gasteiger partial charge on any atom is 0.411 e. The molecule has 15 heavy (non-hydrogen) atoms. The predicted molar refractivity (Wildman–Crippen MR) is 61.4 cm³/mol. The summed E-state index contributed by atoms with van der Waals surface area (Å²) in [6.07, 6.45) is 0.983. The molecule has 0 spiro atoms. The number of anilines is 1. The topological polar surface area (TPSA) is 38.3 Å². The zero-order valence-electron chi connectivity index (χ0n) is 8.42. The highest BCUT2D eigenvalue weighted by molar-refractivity contribution is 6.31. The Morgan fingerprint density at radius 1 is 1.67 bits per heavy atom. The van der Waals surface area contributed by atoms with E-state index in [4.69, 9.17) is 16.3 Å². The summed E-state index contributed by atoms with van der Waals surface area (Å²) < 4.78 is 4.75. The first kappa shape index (κ1) is 11.6. The van der Waals surface area contributed by atoms with Gasteiger partial charge in [0.25, 0.3) is 0 Å². The molecule has 0 unspecified atom stereocenters. The van der Waals surface area contributed by atoms with E-state index in [-0.39, 0.29) is 6.61 Å². The molecule has 1 aromatic rings. The van der Waals surface area contributed by atoms with Gasteiger partial charge >= 0.3 is 6.09 Å². The standard InChI is InChI=1S/C11H12ClNO2/c1-3-6-15-11(14)13-9-5-4-8(2)10(12)7-9/h3-5,7H,1,6H2,2H3,(H,13,14). The largest absolute Gasteiger partial charge is 0.445 e. The molecule has 0 aromatic heterocycles. The van der Waals surface area contributed by atoms with Crippen LogP contribution >= 0.6 is 11.6 Å². The second kappa shape index (κ2) is 5.41. The molecular formula is C11H12ClNO2. The molecule has 3 nitrogen and oxygen atoms in total. The number of hydrogen-bond acceptors (Lipinski definition) is 2. The number of ether oxygens (including phenoxy) is 1. The van der Waals surface area contributed by atoms with Gasteiger partial charge in [0.05, 0.1) is 0 Å². The molecule has 0 radical (unpaired) electrons. The molecule has 0 aliphatic heterocycles. The van der Waals surface area contributed by atoms with Gasteiger partial charge < -0.3 is 4.74 Å². The van der Waals surface area contributed by atoms with E-state index in [0.29, 0.717) is 10.7 Å². The third-order valence-corrected chi connectivity index (χ3v) is 2.16. The molecule has 0 saturated carbocycles. The number of halogens is 1. The van der Waals surface area contributed by atoms with Crippen LogP contribution in [0.25, 0.3) is 0 Å². The molecule has 0 aliphatic carbocycles. The maximum atomic E-state index is 11.1. The Morgan fingerprint density at radius 2 is 2.40 bits per heavy atom. The lowest BCUT2D eigenvalue weighted by atomic mass is 10.2. The van der Waals surface area contributed by atoms with E-state index in [1.54, 1.807) is 12.1 Å². The smallest absolute Gasteiger partial charge is 0.411 e. The van der Waals surface area contributed by atoms with E-state index in [1.807, 2.05) is 13.0 Å². The van der Waals surface area contributed by atoms with Gasteiger partial charge in [0.15, 0.2) is 0 Å². The molecule has 0 saturated heterocycles. The molecule has 80 valence electrons. The van der Waals surface area contributed by atoms with Crippen LogP contribution in [0, 0.1) is 6.92 Å². The van der Waals surface area contributed by atoms with Crippen molar-refractivity contribution in [3.8, 4) is 0 Å². The highest BCUT2D eigenvalue weighted by Crippen LogP contribution is 2.19. The van der Waals surface area contributed by atoms with Crippen molar-refractivity contribution in [2.45, 2.75) is 6.92 Å². The minimum atomic E-state index is -0.519. The summed E-state index contributed by atoms with van der Waals surface area (Å²) in [5.41, 5.74) is 1.57. The fraction of sp³-hybridized carbons (Fsp3) is 0.182. The lowest BCUT2D eigenvalue weighted by Gasteiger charge is -2.06. The molecule has 0 atom stereocenters. The number of amides is 1. The quantitative estimate of drug-likeness (QED) is 0.801. The molecule has 0 heterocycles. The van der Waals surface area contributed by atoms with Crippen molar-refractivity contribution in [2.75, 3.05) is 11.9 Å². The van der Waals surface area contributed by atoms with Gasteiger partial charge in [0.1, 0.15) is 6.61 Å². The number of aryl methyl sites for hydroxylation is 1. The van der Waals surface area contributed by atoms with Crippen molar-refractivity contribution in [3.05, 3.63) is 41.4 Å². The predicted octanol–water partition coefficient (Wildman–Crippen LogP) is 3.38. The van der Waals surface area contributed by atoms with Gasteiger partial charge in [-0.2, -0.15) is 0 Å². The van der Waals surface area contributed by atoms with Gasteiger partial charge in [-0.25, -0.2) is 4.79 Å². The van der Waals surface area contributed by atoms with Crippen LogP contribution in [-0.2, 0) is 4.74 Å². The summed E-state index contributed by atoms with van der Waals surface area (Å²) >= 11 is 5.89. The van der Waals surface area contributed by atoms with Crippen molar-refractivity contribution >= 4 is 23.4 Å². The molecule has 0 aliphatic rings. The zero-order chi connectivity index (χ0) is 11.3. The number of rotatable bonds is 3. The fourth-order valence-corrected chi connectivity index (χ4v) is 1.14. The summed E-state index contributed by atoms with van der Waals surface area (Å²) in [4.78, 5) is 11.1. The van der Waals surface area contributed by atoms with E-state index in [0.717, 1.165) is 5.56 Å². The first-order chi connectivity index (χ1) is 7.13. The third-order valence-electron chi connectivity index (χ3n) is 1.75. The van der Waals surface area contributed by atoms with E-state index in [2.05, 4.69) is 11.9 Å². The number of carbonyl (C=O) groups excluding carboxylic acids is 1. The van der Waals surface area contributed by atoms with Crippen LogP contribution in [0.4, 0.5) is 10.5 Å². The van der Waals surface area contributed by atoms with Crippen LogP contribution in [0.15, 0.2) is 30.9 Å². The number of nitrogens with one attached hydrogen (secondary N) is 1. The Morgan fingerprint density at radius 3 is 3.00 bits per heavy atom. The number of benzene rings is 1. The Balaban J connectivity index is 2.60. The highest BCUT2D eigenvalue weighted by Gasteiger charge is 2.03. The summed E-state index contributed by atoms with van der Waals surface area (Å²) in [7, 11) is 0. The van der Waals surface area contributed by atoms with Crippen molar-refractivity contribution in [1.82, 2.24) is 0 Å². The molecule has 1 amide bonds. The van der Waals surface area contributed by atoms with Gasteiger partial charge in [0, 0.05) is 10.7 Å². The highest BCUT2D eigenvalue weighted by atomic mass is 35.5. The maximum absolute atomic E-state index is 11.1. The third kappa shape index (κ3) is 3.64. The minimum Gasteiger partial charge on any atom is -0.445 e. The van der Waals surface area contributed by atoms with Crippen molar-refractivity contribution in [1.29, 1.82) is 0 Å². The minimum absolute atomic E-state index is 0.186. The second-order valence-corrected chi connectivity index (χ2v) is 3.38. The summed E-state index contributed by atoms with van der Waals surface area (Å²) in [5.74, 6) is 0. The fourth-order valence-electron chi connectivity index (χ4n) is 0.959. The van der Waals surface area contributed by atoms with Crippen LogP contribution in [0.2, 0.25) is 5.02 Å². The Kier molecular flexibility index (Phi) is 4.18. The van der Waals surface area contributed by atoms with Crippen molar-refractivity contribution in [3.63, 3.8) is 0 Å². The van der Waals surface area contributed by atoms with E-state index in [1.165, 1.54) is 6.08 Å². The van der Waals surface area contributed by atoms with E-state index < -0.39 is 6.09 Å². The van der Waals surface area contributed by atoms with Crippen LogP contribution in [0.1, 0.15) is 5.56 Å². The normalized spacial score (nSPS) is 9.47. The SMILES string of the molecule is C=CCOC(=O)Nc1ccc(C)c(Cl)c1. The van der Waals surface area contributed by atoms with Crippen LogP contribution in [0.3, 0.4) is 0 Å². The molecule has 0 bridgehead atoms. The average Bonchev–Trinajstić information content (AvgIpc) is 2.20. The van der Waals surface area contributed by atoms with Crippen LogP contribution in [0.5, 0.6) is 0 Å². The Labute approximate surface area is 93.7 Å². The van der Waals surface area contributed by atoms with Gasteiger partial charge in [-0.3, -0.25) is 5.32 Å². The van der Waals surface area contributed by atoms with Gasteiger partial charge in [-0.1, -0.05) is 30.3 Å². The molecule has 4 heteroatoms. The summed E-state index contributed by atoms with van der Waals surface area (Å²) in [6, 6.07) is 5.26. The van der Waals surface area contributed by atoms with E-state index in [9.17, 15) is 4.79 Å². The number of hydrogen-bond donors (Lipinski definition) is 1. The first-order valence-electron chi connectivity index (χ1n) is 4.44. The molecule has 1 N–H and O–H groups in total. The second-order valence-electron chi connectivity index (χ2n) is 2.98.